The molecule has 0 radical (unpaired) electrons. The van der Waals surface area contributed by atoms with Gasteiger partial charge >= 0.3 is 0 Å². The van der Waals surface area contributed by atoms with Crippen molar-refractivity contribution in [3.63, 3.8) is 0 Å². The smallest absolute Gasteiger partial charge is 0.0459 e. The summed E-state index contributed by atoms with van der Waals surface area (Å²) in [6.45, 7) is 5.82. The first-order valence-corrected chi connectivity index (χ1v) is 5.67. The molecule has 0 amide bonds. The summed E-state index contributed by atoms with van der Waals surface area (Å²) in [5, 5.41) is 1.25. The first kappa shape index (κ1) is 11.0. The van der Waals surface area contributed by atoms with Gasteiger partial charge in [-0.05, 0) is 31.4 Å². The lowest BCUT2D eigenvalue weighted by atomic mass is 10.00. The Morgan fingerprint density at radius 1 is 1.44 bits per heavy atom. The van der Waals surface area contributed by atoms with Crippen LogP contribution >= 0.6 is 0 Å². The van der Waals surface area contributed by atoms with E-state index in [1.807, 2.05) is 12.1 Å². The number of fused-ring (bicyclic) bond motifs is 1. The average molecular weight is 214 g/mol. The number of rotatable bonds is 4. The highest BCUT2D eigenvalue weighted by Gasteiger charge is 2.14. The third kappa shape index (κ3) is 1.89. The molecule has 2 rings (SSSR count). The Morgan fingerprint density at radius 2 is 2.19 bits per heavy atom. The van der Waals surface area contributed by atoms with E-state index >= 15 is 0 Å². The summed E-state index contributed by atoms with van der Waals surface area (Å²) in [5.41, 5.74) is 9.82. The number of hydrogen-bond acceptors (Lipinski definition) is 1. The third-order valence-corrected chi connectivity index (χ3v) is 3.00. The number of aromatic nitrogens is 1. The second-order valence-corrected chi connectivity index (χ2v) is 4.18. The van der Waals surface area contributed by atoms with Gasteiger partial charge in [-0.25, -0.2) is 0 Å². The van der Waals surface area contributed by atoms with Crippen molar-refractivity contribution in [3.05, 3.63) is 48.2 Å². The second-order valence-electron chi connectivity index (χ2n) is 4.18. The molecule has 1 aromatic carbocycles. The summed E-state index contributed by atoms with van der Waals surface area (Å²) in [7, 11) is 0. The fourth-order valence-corrected chi connectivity index (χ4v) is 2.22. The monoisotopic (exact) mass is 214 g/mol. The van der Waals surface area contributed by atoms with Crippen LogP contribution in [-0.4, -0.2) is 4.98 Å². The van der Waals surface area contributed by atoms with Crippen LogP contribution in [0.3, 0.4) is 0 Å². The van der Waals surface area contributed by atoms with Crippen LogP contribution in [0.1, 0.15) is 30.1 Å². The summed E-state index contributed by atoms with van der Waals surface area (Å²) in [5.74, 6) is 0. The highest BCUT2D eigenvalue weighted by Crippen LogP contribution is 2.28. The molecule has 3 N–H and O–H groups in total. The SMILES string of the molecule is C=CCC[C@@H](N)c1c(C)[nH]c2ccccc12. The van der Waals surface area contributed by atoms with Gasteiger partial charge in [0.2, 0.25) is 0 Å². The number of hydrogen-bond donors (Lipinski definition) is 2. The van der Waals surface area contributed by atoms with Crippen molar-refractivity contribution in [2.24, 2.45) is 5.73 Å². The van der Waals surface area contributed by atoms with E-state index < -0.39 is 0 Å². The van der Waals surface area contributed by atoms with Gasteiger partial charge in [-0.3, -0.25) is 0 Å². The third-order valence-electron chi connectivity index (χ3n) is 3.00. The predicted octanol–water partition coefficient (Wildman–Crippen LogP) is 3.44. The molecule has 0 aliphatic carbocycles. The summed E-state index contributed by atoms with van der Waals surface area (Å²) < 4.78 is 0. The van der Waals surface area contributed by atoms with E-state index in [4.69, 9.17) is 5.73 Å². The average Bonchev–Trinajstić information content (AvgIpc) is 2.62. The fraction of sp³-hybridized carbons (Fsp3) is 0.286. The lowest BCUT2D eigenvalue weighted by Crippen LogP contribution is -2.10. The van der Waals surface area contributed by atoms with Crippen LogP contribution in [0.4, 0.5) is 0 Å². The molecular weight excluding hydrogens is 196 g/mol. The minimum absolute atomic E-state index is 0.0918. The highest BCUT2D eigenvalue weighted by atomic mass is 14.7. The highest BCUT2D eigenvalue weighted by molar-refractivity contribution is 5.85. The summed E-state index contributed by atoms with van der Waals surface area (Å²) in [6, 6.07) is 8.40. The molecule has 0 unspecified atom stereocenters. The van der Waals surface area contributed by atoms with Crippen molar-refractivity contribution in [1.82, 2.24) is 4.98 Å². The Bertz CT molecular complexity index is 496. The van der Waals surface area contributed by atoms with Gasteiger partial charge in [-0.15, -0.1) is 6.58 Å². The molecule has 2 aromatic rings. The van der Waals surface area contributed by atoms with Crippen LogP contribution in [0.15, 0.2) is 36.9 Å². The van der Waals surface area contributed by atoms with Crippen molar-refractivity contribution in [2.75, 3.05) is 0 Å². The molecule has 0 bridgehead atoms. The van der Waals surface area contributed by atoms with Gasteiger partial charge in [-0.1, -0.05) is 24.3 Å². The molecule has 0 spiro atoms. The number of nitrogens with one attached hydrogen (secondary N) is 1. The van der Waals surface area contributed by atoms with Gasteiger partial charge in [0.05, 0.1) is 0 Å². The van der Waals surface area contributed by atoms with Crippen molar-refractivity contribution in [1.29, 1.82) is 0 Å². The Kier molecular flexibility index (Phi) is 3.11. The number of para-hydroxylation sites is 1. The summed E-state index contributed by atoms with van der Waals surface area (Å²) >= 11 is 0. The topological polar surface area (TPSA) is 41.8 Å². The first-order valence-electron chi connectivity index (χ1n) is 5.67. The Labute approximate surface area is 96.2 Å². The molecule has 0 aliphatic heterocycles. The molecule has 16 heavy (non-hydrogen) atoms. The minimum Gasteiger partial charge on any atom is -0.358 e. The zero-order valence-electron chi connectivity index (χ0n) is 9.66. The Balaban J connectivity index is 2.42. The molecule has 0 saturated heterocycles. The van der Waals surface area contributed by atoms with Crippen molar-refractivity contribution < 1.29 is 0 Å². The Hall–Kier alpha value is -1.54. The normalized spacial score (nSPS) is 12.9. The molecule has 0 saturated carbocycles. The summed E-state index contributed by atoms with van der Waals surface area (Å²) in [4.78, 5) is 3.38. The van der Waals surface area contributed by atoms with Gasteiger partial charge < -0.3 is 10.7 Å². The van der Waals surface area contributed by atoms with E-state index in [1.54, 1.807) is 0 Å². The molecule has 1 aromatic heterocycles. The van der Waals surface area contributed by atoms with E-state index in [0.717, 1.165) is 12.8 Å². The Morgan fingerprint density at radius 3 is 2.94 bits per heavy atom. The van der Waals surface area contributed by atoms with Crippen LogP contribution in [0, 0.1) is 6.92 Å². The first-order chi connectivity index (χ1) is 7.74. The molecule has 1 heterocycles. The van der Waals surface area contributed by atoms with Crippen molar-refractivity contribution in [2.45, 2.75) is 25.8 Å². The van der Waals surface area contributed by atoms with E-state index in [0.29, 0.717) is 0 Å². The van der Waals surface area contributed by atoms with Crippen molar-refractivity contribution in [3.8, 4) is 0 Å². The van der Waals surface area contributed by atoms with E-state index in [2.05, 4.69) is 36.7 Å². The van der Waals surface area contributed by atoms with E-state index in [1.165, 1.54) is 22.2 Å². The van der Waals surface area contributed by atoms with Gasteiger partial charge in [0, 0.05) is 22.6 Å². The van der Waals surface area contributed by atoms with Gasteiger partial charge in [0.25, 0.3) is 0 Å². The number of allylic oxidation sites excluding steroid dienone is 1. The van der Waals surface area contributed by atoms with Gasteiger partial charge in [0.15, 0.2) is 0 Å². The second kappa shape index (κ2) is 4.54. The number of nitrogens with two attached hydrogens (primary N) is 1. The zero-order chi connectivity index (χ0) is 11.5. The van der Waals surface area contributed by atoms with Gasteiger partial charge in [-0.2, -0.15) is 0 Å². The number of aromatic amines is 1. The summed E-state index contributed by atoms with van der Waals surface area (Å²) in [6.07, 6.45) is 3.83. The number of benzene rings is 1. The standard InChI is InChI=1S/C14H18N2/c1-3-4-8-12(15)14-10(2)16-13-9-6-5-7-11(13)14/h3,5-7,9,12,16H,1,4,8,15H2,2H3/t12-/m1/s1. The van der Waals surface area contributed by atoms with Crippen LogP contribution in [0.5, 0.6) is 0 Å². The van der Waals surface area contributed by atoms with Crippen LogP contribution in [-0.2, 0) is 0 Å². The zero-order valence-corrected chi connectivity index (χ0v) is 9.66. The minimum atomic E-state index is 0.0918. The number of aryl methyl sites for hydroxylation is 1. The molecule has 1 atom stereocenters. The van der Waals surface area contributed by atoms with Gasteiger partial charge in [0.1, 0.15) is 0 Å². The lowest BCUT2D eigenvalue weighted by Gasteiger charge is -2.10. The molecular formula is C14H18N2. The fourth-order valence-electron chi connectivity index (χ4n) is 2.22. The van der Waals surface area contributed by atoms with E-state index in [-0.39, 0.29) is 6.04 Å². The van der Waals surface area contributed by atoms with Crippen LogP contribution in [0.25, 0.3) is 10.9 Å². The maximum Gasteiger partial charge on any atom is 0.0459 e. The quantitative estimate of drug-likeness (QED) is 0.752. The molecule has 84 valence electrons. The predicted molar refractivity (Wildman–Crippen MR) is 69.4 cm³/mol. The van der Waals surface area contributed by atoms with E-state index in [9.17, 15) is 0 Å². The lowest BCUT2D eigenvalue weighted by molar-refractivity contribution is 0.662. The molecule has 2 nitrogen and oxygen atoms in total. The molecule has 0 fully saturated rings. The van der Waals surface area contributed by atoms with Crippen molar-refractivity contribution >= 4 is 10.9 Å². The molecule has 2 heteroatoms. The molecule has 0 aliphatic rings. The van der Waals surface area contributed by atoms with Crippen LogP contribution < -0.4 is 5.73 Å². The maximum absolute atomic E-state index is 6.22. The number of H-pyrrole nitrogens is 1. The van der Waals surface area contributed by atoms with Crippen LogP contribution in [0.2, 0.25) is 0 Å². The largest absolute Gasteiger partial charge is 0.358 e. The maximum atomic E-state index is 6.22.